The highest BCUT2D eigenvalue weighted by atomic mass is 32.2. The van der Waals surface area contributed by atoms with E-state index in [-0.39, 0.29) is 0 Å². The van der Waals surface area contributed by atoms with Gasteiger partial charge in [0.2, 0.25) is 0 Å². The summed E-state index contributed by atoms with van der Waals surface area (Å²) in [6, 6.07) is 0. The average molecular weight is 159 g/mol. The van der Waals surface area contributed by atoms with Crippen LogP contribution in [-0.4, -0.2) is 18.9 Å². The second kappa shape index (κ2) is 2.66. The van der Waals surface area contributed by atoms with Gasteiger partial charge in [-0.05, 0) is 0 Å². The Morgan fingerprint density at radius 3 is 2.70 bits per heavy atom. The fourth-order valence-corrected chi connectivity index (χ4v) is 0.961. The molecule has 0 saturated heterocycles. The Hall–Kier alpha value is -1.10. The Morgan fingerprint density at radius 2 is 2.30 bits per heavy atom. The van der Waals surface area contributed by atoms with E-state index < -0.39 is 10.5 Å². The molecule has 1 rings (SSSR count). The quantitative estimate of drug-likeness (QED) is 0.481. The van der Waals surface area contributed by atoms with E-state index in [1.807, 2.05) is 0 Å². The van der Waals surface area contributed by atoms with Crippen molar-refractivity contribution < 1.29 is 12.4 Å². The smallest absolute Gasteiger partial charge is 0.399 e. The van der Waals surface area contributed by atoms with Gasteiger partial charge < -0.3 is 5.73 Å². The normalized spacial score (nSPS) is 16.8. The molecule has 0 aromatic heterocycles. The Morgan fingerprint density at radius 1 is 1.60 bits per heavy atom. The minimum atomic E-state index is -2.17. The van der Waals surface area contributed by atoms with Gasteiger partial charge in [0.15, 0.2) is 12.7 Å². The van der Waals surface area contributed by atoms with Crippen molar-refractivity contribution in [2.75, 3.05) is 6.54 Å². The highest BCUT2D eigenvalue weighted by Crippen LogP contribution is 1.95. The number of hydrogen-bond donors (Lipinski definition) is 1. The van der Waals surface area contributed by atoms with Gasteiger partial charge in [-0.1, -0.05) is 3.95 Å². The molecule has 0 saturated carbocycles. The van der Waals surface area contributed by atoms with Crippen molar-refractivity contribution in [3.8, 4) is 0 Å². The summed E-state index contributed by atoms with van der Waals surface area (Å²) >= 11 is 0. The van der Waals surface area contributed by atoms with Gasteiger partial charge in [0.05, 0.1) is 0 Å². The van der Waals surface area contributed by atoms with E-state index in [0.717, 1.165) is 3.95 Å². The molecule has 0 aromatic rings. The molecule has 54 valence electrons. The van der Waals surface area contributed by atoms with Crippen LogP contribution in [-0.2, 0) is 10.5 Å². The first-order valence-electron chi connectivity index (χ1n) is 2.70. The summed E-state index contributed by atoms with van der Waals surface area (Å²) in [7, 11) is -2.17. The van der Waals surface area contributed by atoms with Crippen molar-refractivity contribution >= 4 is 10.5 Å². The van der Waals surface area contributed by atoms with E-state index in [0.29, 0.717) is 12.2 Å². The molecule has 4 nitrogen and oxygen atoms in total. The van der Waals surface area contributed by atoms with Crippen LogP contribution in [0.3, 0.4) is 0 Å². The lowest BCUT2D eigenvalue weighted by Gasteiger charge is -1.94. The van der Waals surface area contributed by atoms with E-state index in [1.165, 1.54) is 6.20 Å². The summed E-state index contributed by atoms with van der Waals surface area (Å²) in [4.78, 5) is 0. The molecule has 1 aliphatic rings. The predicted molar refractivity (Wildman–Crippen MR) is 35.5 cm³/mol. The fourth-order valence-electron chi connectivity index (χ4n) is 0.604. The summed E-state index contributed by atoms with van der Waals surface area (Å²) in [6.45, 7) is 0.332. The van der Waals surface area contributed by atoms with E-state index in [2.05, 4.69) is 0 Å². The first kappa shape index (κ1) is 7.01. The lowest BCUT2D eigenvalue weighted by molar-refractivity contribution is -0.420. The number of nitrogens with two attached hydrogens (primary N) is 1. The first-order valence-corrected chi connectivity index (χ1v) is 3.73. The topological polar surface area (TPSA) is 63.2 Å². The van der Waals surface area contributed by atoms with Crippen LogP contribution in [0.1, 0.15) is 0 Å². The van der Waals surface area contributed by atoms with E-state index in [9.17, 15) is 8.42 Å². The van der Waals surface area contributed by atoms with Crippen molar-refractivity contribution in [1.29, 1.82) is 0 Å². The second-order valence-electron chi connectivity index (χ2n) is 1.84. The molecule has 1 aliphatic heterocycles. The third-order valence-corrected chi connectivity index (χ3v) is 1.79. The molecule has 0 bridgehead atoms. The predicted octanol–water partition coefficient (Wildman–Crippen LogP) is -0.569. The minimum Gasteiger partial charge on any atom is -0.399 e. The maximum absolute atomic E-state index is 10.3. The summed E-state index contributed by atoms with van der Waals surface area (Å²) in [5.74, 6) is 0. The summed E-state index contributed by atoms with van der Waals surface area (Å²) in [6.07, 6.45) is 4.60. The molecule has 0 aliphatic carbocycles. The van der Waals surface area contributed by atoms with E-state index in [4.69, 9.17) is 5.73 Å². The van der Waals surface area contributed by atoms with E-state index in [1.54, 1.807) is 12.2 Å². The highest BCUT2D eigenvalue weighted by molar-refractivity contribution is 7.59. The molecular weight excluding hydrogens is 152 g/mol. The van der Waals surface area contributed by atoms with Crippen LogP contribution >= 0.6 is 0 Å². The molecule has 5 heteroatoms. The minimum absolute atomic E-state index is 0.332. The van der Waals surface area contributed by atoms with Crippen molar-refractivity contribution in [3.63, 3.8) is 0 Å². The SMILES string of the molecule is NC1=CC[N+](=S(=O)=O)C=C1. The lowest BCUT2D eigenvalue weighted by Crippen LogP contribution is -2.10. The van der Waals surface area contributed by atoms with Crippen molar-refractivity contribution in [2.45, 2.75) is 0 Å². The molecule has 0 amide bonds. The fraction of sp³-hybridized carbons (Fsp3) is 0.200. The zero-order valence-electron chi connectivity index (χ0n) is 5.19. The number of hydrogen-bond acceptors (Lipinski definition) is 3. The molecule has 10 heavy (non-hydrogen) atoms. The molecule has 2 N–H and O–H groups in total. The van der Waals surface area contributed by atoms with Crippen LogP contribution < -0.4 is 5.73 Å². The summed E-state index contributed by atoms with van der Waals surface area (Å²) in [5.41, 5.74) is 5.94. The van der Waals surface area contributed by atoms with Crippen molar-refractivity contribution in [3.05, 3.63) is 24.0 Å². The van der Waals surface area contributed by atoms with Gasteiger partial charge in [-0.2, -0.15) is 0 Å². The van der Waals surface area contributed by atoms with Crippen LogP contribution in [0, 0.1) is 0 Å². The Kier molecular flexibility index (Phi) is 1.86. The summed E-state index contributed by atoms with van der Waals surface area (Å²) in [5, 5.41) is 0. The largest absolute Gasteiger partial charge is 0.464 e. The molecule has 0 unspecified atom stereocenters. The zero-order valence-corrected chi connectivity index (χ0v) is 6.00. The number of nitrogens with zero attached hydrogens (tertiary/aromatic N) is 1. The third kappa shape index (κ3) is 1.44. The van der Waals surface area contributed by atoms with Gasteiger partial charge >= 0.3 is 10.5 Å². The van der Waals surface area contributed by atoms with Gasteiger partial charge in [0.25, 0.3) is 0 Å². The molecule has 0 fully saturated rings. The lowest BCUT2D eigenvalue weighted by atomic mass is 10.3. The molecule has 0 aromatic carbocycles. The van der Waals surface area contributed by atoms with Gasteiger partial charge in [0.1, 0.15) is 0 Å². The van der Waals surface area contributed by atoms with Gasteiger partial charge in [-0.25, -0.2) is 0 Å². The first-order chi connectivity index (χ1) is 4.70. The van der Waals surface area contributed by atoms with Crippen LogP contribution in [0.15, 0.2) is 24.0 Å². The second-order valence-corrected chi connectivity index (χ2v) is 2.74. The van der Waals surface area contributed by atoms with Gasteiger partial charge in [0, 0.05) is 17.8 Å². The third-order valence-electron chi connectivity index (χ3n) is 1.13. The van der Waals surface area contributed by atoms with Crippen molar-refractivity contribution in [2.24, 2.45) is 5.73 Å². The molecule has 0 radical (unpaired) electrons. The Balaban J connectivity index is 3.01. The van der Waals surface area contributed by atoms with Gasteiger partial charge in [-0.15, -0.1) is 8.42 Å². The van der Waals surface area contributed by atoms with Crippen LogP contribution in [0.4, 0.5) is 0 Å². The van der Waals surface area contributed by atoms with E-state index >= 15 is 0 Å². The molecule has 1 heterocycles. The number of allylic oxidation sites excluding steroid dienone is 1. The average Bonchev–Trinajstić information content (AvgIpc) is 1.88. The maximum Gasteiger partial charge on any atom is 0.464 e. The maximum atomic E-state index is 10.3. The monoisotopic (exact) mass is 159 g/mol. The summed E-state index contributed by atoms with van der Waals surface area (Å²) < 4.78 is 21.7. The van der Waals surface area contributed by atoms with Gasteiger partial charge in [-0.3, -0.25) is 0 Å². The zero-order chi connectivity index (χ0) is 7.56. The van der Waals surface area contributed by atoms with Crippen LogP contribution in [0.5, 0.6) is 0 Å². The Bertz CT molecular complexity index is 316. The van der Waals surface area contributed by atoms with Crippen LogP contribution in [0.2, 0.25) is 0 Å². The van der Waals surface area contributed by atoms with Crippen LogP contribution in [0.25, 0.3) is 0 Å². The number of rotatable bonds is 0. The standard InChI is InChI=1S/C5H7N2O2S/c6-5-1-3-7(4-2-5)10(8)9/h1-3H,4,6H2/q+1. The molecule has 0 spiro atoms. The Labute approximate surface area is 60.0 Å². The van der Waals surface area contributed by atoms with Crippen molar-refractivity contribution in [1.82, 2.24) is 0 Å². The molecular formula is C5H7N2O2S+. The molecule has 0 atom stereocenters. The highest BCUT2D eigenvalue weighted by Gasteiger charge is 2.05.